The monoisotopic (exact) mass is 456 g/mol. The summed E-state index contributed by atoms with van der Waals surface area (Å²) in [5.41, 5.74) is 0. The van der Waals surface area contributed by atoms with Crippen LogP contribution in [0.1, 0.15) is 33.1 Å². The highest BCUT2D eigenvalue weighted by molar-refractivity contribution is 14.0. The molecule has 2 aliphatic rings. The summed E-state index contributed by atoms with van der Waals surface area (Å²) in [6.45, 7) is 9.55. The van der Waals surface area contributed by atoms with Gasteiger partial charge in [0.2, 0.25) is 0 Å². The number of guanidine groups is 1. The van der Waals surface area contributed by atoms with E-state index in [2.05, 4.69) is 46.1 Å². The van der Waals surface area contributed by atoms with Gasteiger partial charge in [-0.05, 0) is 38.9 Å². The minimum atomic E-state index is 0. The molecule has 0 aromatic carbocycles. The number of thioether (sulfide) groups is 1. The lowest BCUT2D eigenvalue weighted by molar-refractivity contribution is -0.0679. The van der Waals surface area contributed by atoms with Gasteiger partial charge in [0.1, 0.15) is 0 Å². The molecule has 136 valence electrons. The number of morpholine rings is 1. The summed E-state index contributed by atoms with van der Waals surface area (Å²) in [5.74, 6) is 2.26. The highest BCUT2D eigenvalue weighted by atomic mass is 127. The first-order valence-corrected chi connectivity index (χ1v) is 9.66. The van der Waals surface area contributed by atoms with Crippen molar-refractivity contribution in [2.75, 3.05) is 45.5 Å². The largest absolute Gasteiger partial charge is 0.373 e. The zero-order chi connectivity index (χ0) is 15.8. The number of nitrogens with one attached hydrogen (secondary N) is 2. The maximum atomic E-state index is 5.77. The van der Waals surface area contributed by atoms with Crippen molar-refractivity contribution in [1.29, 1.82) is 0 Å². The first-order chi connectivity index (χ1) is 10.7. The SMILES string of the molecule is CN=C(NCCCN1CC(C)OC(C)C1)NCC1CCCS1.I. The van der Waals surface area contributed by atoms with Crippen LogP contribution in [-0.4, -0.2) is 73.8 Å². The summed E-state index contributed by atoms with van der Waals surface area (Å²) in [6, 6.07) is 0. The molecule has 0 amide bonds. The number of halogens is 1. The number of rotatable bonds is 6. The van der Waals surface area contributed by atoms with Crippen molar-refractivity contribution in [3.05, 3.63) is 0 Å². The lowest BCUT2D eigenvalue weighted by atomic mass is 10.2. The maximum Gasteiger partial charge on any atom is 0.191 e. The molecular formula is C16H33IN4OS. The number of ether oxygens (including phenoxy) is 1. The molecule has 3 atom stereocenters. The molecule has 2 aliphatic heterocycles. The lowest BCUT2D eigenvalue weighted by Gasteiger charge is -2.35. The molecule has 7 heteroatoms. The summed E-state index contributed by atoms with van der Waals surface area (Å²) in [6.07, 6.45) is 4.55. The van der Waals surface area contributed by atoms with Crippen LogP contribution in [-0.2, 0) is 4.74 Å². The number of aliphatic imine (C=N–C) groups is 1. The van der Waals surface area contributed by atoms with Gasteiger partial charge < -0.3 is 15.4 Å². The van der Waals surface area contributed by atoms with Gasteiger partial charge in [0.25, 0.3) is 0 Å². The lowest BCUT2D eigenvalue weighted by Crippen LogP contribution is -2.46. The van der Waals surface area contributed by atoms with E-state index in [1.165, 1.54) is 18.6 Å². The van der Waals surface area contributed by atoms with Gasteiger partial charge in [0.15, 0.2) is 5.96 Å². The van der Waals surface area contributed by atoms with Crippen LogP contribution < -0.4 is 10.6 Å². The second kappa shape index (κ2) is 11.8. The summed E-state index contributed by atoms with van der Waals surface area (Å²) in [4.78, 5) is 6.81. The highest BCUT2D eigenvalue weighted by Crippen LogP contribution is 2.25. The zero-order valence-corrected chi connectivity index (χ0v) is 17.9. The predicted molar refractivity (Wildman–Crippen MR) is 111 cm³/mol. The quantitative estimate of drug-likeness (QED) is 0.278. The fourth-order valence-electron chi connectivity index (χ4n) is 3.21. The molecule has 0 saturated carbocycles. The number of hydrogen-bond acceptors (Lipinski definition) is 4. The van der Waals surface area contributed by atoms with Gasteiger partial charge in [-0.3, -0.25) is 9.89 Å². The van der Waals surface area contributed by atoms with Gasteiger partial charge in [0.05, 0.1) is 12.2 Å². The third-order valence-corrected chi connectivity index (χ3v) is 5.58. The molecule has 2 N–H and O–H groups in total. The van der Waals surface area contributed by atoms with Crippen LogP contribution in [0.5, 0.6) is 0 Å². The first-order valence-electron chi connectivity index (χ1n) is 8.61. The van der Waals surface area contributed by atoms with Crippen LogP contribution in [0.4, 0.5) is 0 Å². The van der Waals surface area contributed by atoms with Crippen LogP contribution in [0.25, 0.3) is 0 Å². The van der Waals surface area contributed by atoms with Gasteiger partial charge in [-0.15, -0.1) is 24.0 Å². The second-order valence-corrected chi connectivity index (χ2v) is 7.79. The third-order valence-electron chi connectivity index (χ3n) is 4.18. The van der Waals surface area contributed by atoms with E-state index in [0.717, 1.165) is 50.4 Å². The average Bonchev–Trinajstić information content (AvgIpc) is 2.99. The van der Waals surface area contributed by atoms with Gasteiger partial charge in [-0.2, -0.15) is 11.8 Å². The Bertz CT molecular complexity index is 343. The van der Waals surface area contributed by atoms with Crippen molar-refractivity contribution in [1.82, 2.24) is 15.5 Å². The fraction of sp³-hybridized carbons (Fsp3) is 0.938. The molecule has 2 saturated heterocycles. The van der Waals surface area contributed by atoms with E-state index < -0.39 is 0 Å². The van der Waals surface area contributed by atoms with E-state index in [1.54, 1.807) is 0 Å². The molecule has 0 radical (unpaired) electrons. The minimum Gasteiger partial charge on any atom is -0.373 e. The Morgan fingerprint density at radius 3 is 2.61 bits per heavy atom. The Morgan fingerprint density at radius 2 is 2.00 bits per heavy atom. The van der Waals surface area contributed by atoms with Gasteiger partial charge in [-0.25, -0.2) is 0 Å². The minimum absolute atomic E-state index is 0. The number of nitrogens with zero attached hydrogens (tertiary/aromatic N) is 2. The Kier molecular flexibility index (Phi) is 10.9. The van der Waals surface area contributed by atoms with Crippen molar-refractivity contribution >= 4 is 41.7 Å². The summed E-state index contributed by atoms with van der Waals surface area (Å²) in [7, 11) is 1.85. The molecule has 0 aromatic heterocycles. The fourth-order valence-corrected chi connectivity index (χ4v) is 4.41. The first kappa shape index (κ1) is 21.3. The van der Waals surface area contributed by atoms with Crippen molar-refractivity contribution in [2.45, 2.75) is 50.6 Å². The normalized spacial score (nSPS) is 29.2. The van der Waals surface area contributed by atoms with E-state index in [9.17, 15) is 0 Å². The Balaban J connectivity index is 0.00000264. The second-order valence-electron chi connectivity index (χ2n) is 6.39. The molecule has 2 fully saturated rings. The van der Waals surface area contributed by atoms with Crippen molar-refractivity contribution in [3.63, 3.8) is 0 Å². The molecule has 2 rings (SSSR count). The van der Waals surface area contributed by atoms with E-state index in [4.69, 9.17) is 4.74 Å². The van der Waals surface area contributed by atoms with E-state index in [-0.39, 0.29) is 24.0 Å². The zero-order valence-electron chi connectivity index (χ0n) is 14.7. The van der Waals surface area contributed by atoms with Crippen LogP contribution >= 0.6 is 35.7 Å². The average molecular weight is 456 g/mol. The topological polar surface area (TPSA) is 48.9 Å². The highest BCUT2D eigenvalue weighted by Gasteiger charge is 2.21. The molecule has 0 spiro atoms. The molecular weight excluding hydrogens is 423 g/mol. The Hall–Kier alpha value is 0.270. The molecule has 3 unspecified atom stereocenters. The Labute approximate surface area is 162 Å². The molecule has 0 bridgehead atoms. The molecule has 0 aliphatic carbocycles. The smallest absolute Gasteiger partial charge is 0.191 e. The van der Waals surface area contributed by atoms with Crippen LogP contribution in [0.3, 0.4) is 0 Å². The van der Waals surface area contributed by atoms with Gasteiger partial charge >= 0.3 is 0 Å². The predicted octanol–water partition coefficient (Wildman–Crippen LogP) is 2.16. The maximum absolute atomic E-state index is 5.77. The molecule has 23 heavy (non-hydrogen) atoms. The van der Waals surface area contributed by atoms with E-state index in [0.29, 0.717) is 12.2 Å². The Morgan fingerprint density at radius 1 is 1.26 bits per heavy atom. The summed E-state index contributed by atoms with van der Waals surface area (Å²) >= 11 is 2.08. The standard InChI is InChI=1S/C16H32N4OS.HI/c1-13-11-20(12-14(2)21-13)8-5-7-18-16(17-3)19-10-15-6-4-9-22-15;/h13-15H,4-12H2,1-3H3,(H2,17,18,19);1H. The van der Waals surface area contributed by atoms with Crippen molar-refractivity contribution in [2.24, 2.45) is 4.99 Å². The molecule has 2 heterocycles. The van der Waals surface area contributed by atoms with E-state index >= 15 is 0 Å². The molecule has 5 nitrogen and oxygen atoms in total. The van der Waals surface area contributed by atoms with Crippen molar-refractivity contribution < 1.29 is 4.74 Å². The van der Waals surface area contributed by atoms with Gasteiger partial charge in [-0.1, -0.05) is 0 Å². The van der Waals surface area contributed by atoms with Crippen molar-refractivity contribution in [3.8, 4) is 0 Å². The van der Waals surface area contributed by atoms with Gasteiger partial charge in [0, 0.05) is 45.0 Å². The van der Waals surface area contributed by atoms with E-state index in [1.807, 2.05) is 7.05 Å². The van der Waals surface area contributed by atoms with Crippen LogP contribution in [0, 0.1) is 0 Å². The summed E-state index contributed by atoms with van der Waals surface area (Å²) < 4.78 is 5.77. The van der Waals surface area contributed by atoms with Crippen LogP contribution in [0.2, 0.25) is 0 Å². The third kappa shape index (κ3) is 8.27. The number of hydrogen-bond donors (Lipinski definition) is 2. The summed E-state index contributed by atoms with van der Waals surface area (Å²) in [5, 5.41) is 7.63. The van der Waals surface area contributed by atoms with Crippen LogP contribution in [0.15, 0.2) is 4.99 Å². The molecule has 0 aromatic rings.